The molecule has 0 unspecified atom stereocenters. The molecule has 0 aromatic carbocycles. The number of fused-ring (bicyclic) bond motifs is 1. The molecule has 1 aromatic rings. The standard InChI is InChI=1S/C11H14N2O2/c1-3-15-11(14)10-8-5-4-6-9(8)12-7(2)13-10/h3-6H2,1-2H3. The lowest BCUT2D eigenvalue weighted by Crippen LogP contribution is -2.13. The molecular weight excluding hydrogens is 192 g/mol. The van der Waals surface area contributed by atoms with E-state index in [-0.39, 0.29) is 5.97 Å². The number of hydrogen-bond donors (Lipinski definition) is 0. The van der Waals surface area contributed by atoms with Gasteiger partial charge in [-0.3, -0.25) is 0 Å². The Morgan fingerprint density at radius 2 is 2.20 bits per heavy atom. The average molecular weight is 206 g/mol. The molecule has 0 N–H and O–H groups in total. The fourth-order valence-electron chi connectivity index (χ4n) is 1.92. The molecule has 1 aliphatic carbocycles. The van der Waals surface area contributed by atoms with Crippen molar-refractivity contribution in [2.24, 2.45) is 0 Å². The molecule has 0 saturated heterocycles. The summed E-state index contributed by atoms with van der Waals surface area (Å²) in [5, 5.41) is 0. The summed E-state index contributed by atoms with van der Waals surface area (Å²) < 4.78 is 4.98. The van der Waals surface area contributed by atoms with Crippen LogP contribution in [-0.2, 0) is 17.6 Å². The molecule has 0 aliphatic heterocycles. The van der Waals surface area contributed by atoms with E-state index in [9.17, 15) is 4.79 Å². The summed E-state index contributed by atoms with van der Waals surface area (Å²) in [5.74, 6) is 0.333. The Balaban J connectivity index is 2.42. The van der Waals surface area contributed by atoms with E-state index >= 15 is 0 Å². The Kier molecular flexibility index (Phi) is 2.66. The molecule has 2 rings (SSSR count). The van der Waals surface area contributed by atoms with Gasteiger partial charge in [-0.2, -0.15) is 0 Å². The largest absolute Gasteiger partial charge is 0.461 e. The molecule has 15 heavy (non-hydrogen) atoms. The van der Waals surface area contributed by atoms with Gasteiger partial charge in [0.2, 0.25) is 0 Å². The normalized spacial score (nSPS) is 13.7. The van der Waals surface area contributed by atoms with E-state index in [1.54, 1.807) is 13.8 Å². The van der Waals surface area contributed by atoms with Gasteiger partial charge < -0.3 is 4.74 Å². The summed E-state index contributed by atoms with van der Waals surface area (Å²) in [4.78, 5) is 20.2. The highest BCUT2D eigenvalue weighted by atomic mass is 16.5. The van der Waals surface area contributed by atoms with Crippen molar-refractivity contribution in [3.05, 3.63) is 22.8 Å². The smallest absolute Gasteiger partial charge is 0.357 e. The van der Waals surface area contributed by atoms with Crippen LogP contribution in [0, 0.1) is 6.92 Å². The van der Waals surface area contributed by atoms with Crippen molar-refractivity contribution < 1.29 is 9.53 Å². The monoisotopic (exact) mass is 206 g/mol. The lowest BCUT2D eigenvalue weighted by Gasteiger charge is -2.07. The Morgan fingerprint density at radius 3 is 2.93 bits per heavy atom. The third kappa shape index (κ3) is 1.84. The van der Waals surface area contributed by atoms with Crippen molar-refractivity contribution in [1.82, 2.24) is 9.97 Å². The van der Waals surface area contributed by atoms with E-state index in [1.807, 2.05) is 0 Å². The van der Waals surface area contributed by atoms with Crippen LogP contribution >= 0.6 is 0 Å². The predicted molar refractivity (Wildman–Crippen MR) is 54.8 cm³/mol. The van der Waals surface area contributed by atoms with E-state index in [4.69, 9.17) is 4.74 Å². The Labute approximate surface area is 88.7 Å². The van der Waals surface area contributed by atoms with Crippen LogP contribution in [0.25, 0.3) is 0 Å². The quantitative estimate of drug-likeness (QED) is 0.687. The van der Waals surface area contributed by atoms with Crippen molar-refractivity contribution in [2.45, 2.75) is 33.1 Å². The molecule has 0 bridgehead atoms. The third-order valence-corrected chi connectivity index (χ3v) is 2.51. The first-order valence-corrected chi connectivity index (χ1v) is 5.26. The second-order valence-electron chi connectivity index (χ2n) is 3.62. The molecular formula is C11H14N2O2. The molecule has 0 fully saturated rings. The first kappa shape index (κ1) is 10.1. The minimum absolute atomic E-state index is 0.318. The first-order chi connectivity index (χ1) is 7.22. The van der Waals surface area contributed by atoms with E-state index in [0.717, 1.165) is 30.5 Å². The molecule has 1 aliphatic rings. The van der Waals surface area contributed by atoms with Gasteiger partial charge >= 0.3 is 5.97 Å². The molecule has 1 aromatic heterocycles. The average Bonchev–Trinajstić information content (AvgIpc) is 2.64. The molecule has 80 valence electrons. The van der Waals surface area contributed by atoms with Crippen molar-refractivity contribution in [3.8, 4) is 0 Å². The highest BCUT2D eigenvalue weighted by Crippen LogP contribution is 2.23. The molecule has 0 radical (unpaired) electrons. The lowest BCUT2D eigenvalue weighted by atomic mass is 10.2. The van der Waals surface area contributed by atoms with Crippen LogP contribution in [-0.4, -0.2) is 22.5 Å². The number of aryl methyl sites for hydroxylation is 2. The molecule has 1 heterocycles. The Bertz CT molecular complexity index is 402. The number of rotatable bonds is 2. The first-order valence-electron chi connectivity index (χ1n) is 5.26. The Hall–Kier alpha value is -1.45. The molecule has 4 heteroatoms. The summed E-state index contributed by atoms with van der Waals surface area (Å²) in [6.07, 6.45) is 2.90. The Morgan fingerprint density at radius 1 is 1.40 bits per heavy atom. The second kappa shape index (κ2) is 3.96. The van der Waals surface area contributed by atoms with Crippen LogP contribution in [0.15, 0.2) is 0 Å². The summed E-state index contributed by atoms with van der Waals surface area (Å²) >= 11 is 0. The molecule has 0 spiro atoms. The van der Waals surface area contributed by atoms with Crippen LogP contribution in [0.4, 0.5) is 0 Å². The van der Waals surface area contributed by atoms with Crippen LogP contribution in [0.5, 0.6) is 0 Å². The number of esters is 1. The van der Waals surface area contributed by atoms with Crippen LogP contribution < -0.4 is 0 Å². The number of carbonyl (C=O) groups is 1. The minimum atomic E-state index is -0.318. The van der Waals surface area contributed by atoms with E-state index in [0.29, 0.717) is 18.1 Å². The fraction of sp³-hybridized carbons (Fsp3) is 0.545. The SMILES string of the molecule is CCOC(=O)c1nc(C)nc2c1CCC2. The summed E-state index contributed by atoms with van der Waals surface area (Å²) in [6.45, 7) is 3.99. The summed E-state index contributed by atoms with van der Waals surface area (Å²) in [7, 11) is 0. The topological polar surface area (TPSA) is 52.1 Å². The van der Waals surface area contributed by atoms with Gasteiger partial charge in [0.25, 0.3) is 0 Å². The number of nitrogens with zero attached hydrogens (tertiary/aromatic N) is 2. The third-order valence-electron chi connectivity index (χ3n) is 2.51. The summed E-state index contributed by atoms with van der Waals surface area (Å²) in [5.41, 5.74) is 2.47. The maximum Gasteiger partial charge on any atom is 0.357 e. The van der Waals surface area contributed by atoms with Crippen LogP contribution in [0.2, 0.25) is 0 Å². The maximum absolute atomic E-state index is 11.6. The molecule has 0 saturated carbocycles. The van der Waals surface area contributed by atoms with Gasteiger partial charge in [-0.05, 0) is 33.1 Å². The molecule has 0 atom stereocenters. The van der Waals surface area contributed by atoms with Crippen molar-refractivity contribution in [1.29, 1.82) is 0 Å². The lowest BCUT2D eigenvalue weighted by molar-refractivity contribution is 0.0517. The number of carbonyl (C=O) groups excluding carboxylic acids is 1. The highest BCUT2D eigenvalue weighted by Gasteiger charge is 2.23. The van der Waals surface area contributed by atoms with Gasteiger partial charge in [-0.25, -0.2) is 14.8 Å². The van der Waals surface area contributed by atoms with Crippen LogP contribution in [0.1, 0.15) is 40.9 Å². The second-order valence-corrected chi connectivity index (χ2v) is 3.62. The molecule has 4 nitrogen and oxygen atoms in total. The van der Waals surface area contributed by atoms with Gasteiger partial charge in [0.05, 0.1) is 6.61 Å². The maximum atomic E-state index is 11.6. The number of aromatic nitrogens is 2. The zero-order chi connectivity index (χ0) is 10.8. The fourth-order valence-corrected chi connectivity index (χ4v) is 1.92. The van der Waals surface area contributed by atoms with Gasteiger partial charge in [0, 0.05) is 11.3 Å². The zero-order valence-corrected chi connectivity index (χ0v) is 9.04. The predicted octanol–water partition coefficient (Wildman–Crippen LogP) is 1.45. The van der Waals surface area contributed by atoms with Crippen LogP contribution in [0.3, 0.4) is 0 Å². The minimum Gasteiger partial charge on any atom is -0.461 e. The molecule has 0 amide bonds. The van der Waals surface area contributed by atoms with Gasteiger partial charge in [0.1, 0.15) is 5.82 Å². The number of ether oxygens (including phenoxy) is 1. The van der Waals surface area contributed by atoms with Gasteiger partial charge in [-0.1, -0.05) is 0 Å². The van der Waals surface area contributed by atoms with E-state index in [1.165, 1.54) is 0 Å². The highest BCUT2D eigenvalue weighted by molar-refractivity contribution is 5.89. The van der Waals surface area contributed by atoms with Crippen molar-refractivity contribution in [3.63, 3.8) is 0 Å². The van der Waals surface area contributed by atoms with E-state index in [2.05, 4.69) is 9.97 Å². The van der Waals surface area contributed by atoms with E-state index < -0.39 is 0 Å². The van der Waals surface area contributed by atoms with Crippen molar-refractivity contribution >= 4 is 5.97 Å². The number of hydrogen-bond acceptors (Lipinski definition) is 4. The zero-order valence-electron chi connectivity index (χ0n) is 9.04. The summed E-state index contributed by atoms with van der Waals surface area (Å²) in [6, 6.07) is 0. The van der Waals surface area contributed by atoms with Gasteiger partial charge in [0.15, 0.2) is 5.69 Å². The van der Waals surface area contributed by atoms with Crippen molar-refractivity contribution in [2.75, 3.05) is 6.61 Å². The van der Waals surface area contributed by atoms with Gasteiger partial charge in [-0.15, -0.1) is 0 Å².